The minimum atomic E-state index is -0.0749. The number of hydrogen-bond donors (Lipinski definition) is 2. The van der Waals surface area contributed by atoms with Crippen LogP contribution in [0.3, 0.4) is 0 Å². The Morgan fingerprint density at radius 1 is 1.29 bits per heavy atom. The molecule has 21 heavy (non-hydrogen) atoms. The Labute approximate surface area is 134 Å². The summed E-state index contributed by atoms with van der Waals surface area (Å²) in [6.45, 7) is 0. The molecular weight excluding hydrogens is 336 g/mol. The molecule has 0 saturated heterocycles. The van der Waals surface area contributed by atoms with E-state index in [0.29, 0.717) is 0 Å². The van der Waals surface area contributed by atoms with Gasteiger partial charge in [0.15, 0.2) is 0 Å². The van der Waals surface area contributed by atoms with E-state index >= 15 is 0 Å². The molecular formula is C15H23BrN2O3. The lowest BCUT2D eigenvalue weighted by atomic mass is 9.74. The van der Waals surface area contributed by atoms with Crippen LogP contribution in [-0.2, 0) is 4.74 Å². The highest BCUT2D eigenvalue weighted by Crippen LogP contribution is 2.45. The molecule has 0 amide bonds. The van der Waals surface area contributed by atoms with Crippen molar-refractivity contribution in [3.05, 3.63) is 22.2 Å². The van der Waals surface area contributed by atoms with Crippen molar-refractivity contribution in [1.82, 2.24) is 5.43 Å². The maximum Gasteiger partial charge on any atom is 0.141 e. The maximum absolute atomic E-state index is 5.78. The Bertz CT molecular complexity index is 487. The molecule has 1 aliphatic rings. The second-order valence-electron chi connectivity index (χ2n) is 5.37. The van der Waals surface area contributed by atoms with Gasteiger partial charge in [0.25, 0.3) is 0 Å². The van der Waals surface area contributed by atoms with Crippen molar-refractivity contribution < 1.29 is 14.2 Å². The molecule has 118 valence electrons. The van der Waals surface area contributed by atoms with Crippen molar-refractivity contribution in [2.45, 2.75) is 37.3 Å². The summed E-state index contributed by atoms with van der Waals surface area (Å²) in [5, 5.41) is 0. The highest BCUT2D eigenvalue weighted by Gasteiger charge is 2.40. The van der Waals surface area contributed by atoms with Gasteiger partial charge in [-0.15, -0.1) is 0 Å². The van der Waals surface area contributed by atoms with Gasteiger partial charge in [0, 0.05) is 12.7 Å². The summed E-state index contributed by atoms with van der Waals surface area (Å²) in [4.78, 5) is 0. The molecule has 0 heterocycles. The number of nitrogens with two attached hydrogens (primary N) is 1. The van der Waals surface area contributed by atoms with Crippen LogP contribution in [0.4, 0.5) is 0 Å². The SMILES string of the molecule is COc1ccc(C(CC2(OC)CCC2)NN)c(OC)c1Br. The number of benzene rings is 1. The van der Waals surface area contributed by atoms with Crippen molar-refractivity contribution in [2.75, 3.05) is 21.3 Å². The predicted octanol–water partition coefficient (Wildman–Crippen LogP) is 2.93. The number of rotatable bonds is 7. The third kappa shape index (κ3) is 3.18. The molecule has 1 unspecified atom stereocenters. The summed E-state index contributed by atoms with van der Waals surface area (Å²) >= 11 is 3.53. The van der Waals surface area contributed by atoms with Gasteiger partial charge in [-0.2, -0.15) is 0 Å². The highest BCUT2D eigenvalue weighted by atomic mass is 79.9. The molecule has 6 heteroatoms. The van der Waals surface area contributed by atoms with E-state index in [2.05, 4.69) is 21.4 Å². The van der Waals surface area contributed by atoms with Crippen LogP contribution in [0.5, 0.6) is 11.5 Å². The van der Waals surface area contributed by atoms with E-state index in [4.69, 9.17) is 20.1 Å². The van der Waals surface area contributed by atoms with Crippen LogP contribution in [-0.4, -0.2) is 26.9 Å². The summed E-state index contributed by atoms with van der Waals surface area (Å²) in [5.41, 5.74) is 3.82. The normalized spacial score (nSPS) is 18.0. The molecule has 1 fully saturated rings. The summed E-state index contributed by atoms with van der Waals surface area (Å²) < 4.78 is 17.3. The third-order valence-electron chi connectivity index (χ3n) is 4.37. The number of ether oxygens (including phenoxy) is 3. The fraction of sp³-hybridized carbons (Fsp3) is 0.600. The number of methoxy groups -OCH3 is 3. The molecule has 5 nitrogen and oxygen atoms in total. The van der Waals surface area contributed by atoms with Gasteiger partial charge in [0.1, 0.15) is 16.0 Å². The monoisotopic (exact) mass is 358 g/mol. The van der Waals surface area contributed by atoms with E-state index in [-0.39, 0.29) is 11.6 Å². The first-order chi connectivity index (χ1) is 10.1. The predicted molar refractivity (Wildman–Crippen MR) is 85.5 cm³/mol. The molecule has 1 aromatic carbocycles. The van der Waals surface area contributed by atoms with Crippen molar-refractivity contribution in [1.29, 1.82) is 0 Å². The quantitative estimate of drug-likeness (QED) is 0.579. The molecule has 1 aliphatic carbocycles. The standard InChI is InChI=1S/C15H23BrN2O3/c1-19-12-6-5-10(14(20-2)13(12)16)11(18-17)9-15(21-3)7-4-8-15/h5-6,11,18H,4,7-9,17H2,1-3H3. The van der Waals surface area contributed by atoms with E-state index in [1.54, 1.807) is 21.3 Å². The molecule has 1 atom stereocenters. The molecule has 1 aromatic rings. The molecule has 0 bridgehead atoms. The Morgan fingerprint density at radius 2 is 2.00 bits per heavy atom. The van der Waals surface area contributed by atoms with Gasteiger partial charge in [-0.05, 0) is 53.7 Å². The van der Waals surface area contributed by atoms with Crippen molar-refractivity contribution in [3.8, 4) is 11.5 Å². The zero-order valence-electron chi connectivity index (χ0n) is 12.7. The van der Waals surface area contributed by atoms with Crippen LogP contribution in [0.1, 0.15) is 37.3 Å². The van der Waals surface area contributed by atoms with Gasteiger partial charge in [-0.25, -0.2) is 0 Å². The molecule has 0 aromatic heterocycles. The summed E-state index contributed by atoms with van der Waals surface area (Å²) in [7, 11) is 5.05. The van der Waals surface area contributed by atoms with Crippen LogP contribution < -0.4 is 20.7 Å². The molecule has 0 radical (unpaired) electrons. The van der Waals surface area contributed by atoms with E-state index in [1.807, 2.05) is 12.1 Å². The molecule has 1 saturated carbocycles. The van der Waals surface area contributed by atoms with Crippen LogP contribution in [0.15, 0.2) is 16.6 Å². The first kappa shape index (κ1) is 16.5. The Morgan fingerprint density at radius 3 is 2.43 bits per heavy atom. The summed E-state index contributed by atoms with van der Waals surface area (Å²) in [6.07, 6.45) is 4.16. The second-order valence-corrected chi connectivity index (χ2v) is 6.16. The number of hydrazine groups is 1. The number of nitrogens with one attached hydrogen (secondary N) is 1. The fourth-order valence-corrected chi connectivity index (χ4v) is 3.57. The first-order valence-corrected chi connectivity index (χ1v) is 7.81. The van der Waals surface area contributed by atoms with Crippen LogP contribution >= 0.6 is 15.9 Å². The van der Waals surface area contributed by atoms with Crippen molar-refractivity contribution in [3.63, 3.8) is 0 Å². The van der Waals surface area contributed by atoms with E-state index in [1.165, 1.54) is 6.42 Å². The van der Waals surface area contributed by atoms with Crippen molar-refractivity contribution >= 4 is 15.9 Å². The van der Waals surface area contributed by atoms with Crippen molar-refractivity contribution in [2.24, 2.45) is 5.84 Å². The van der Waals surface area contributed by atoms with E-state index in [9.17, 15) is 0 Å². The smallest absolute Gasteiger partial charge is 0.141 e. The number of hydrogen-bond acceptors (Lipinski definition) is 5. The van der Waals surface area contributed by atoms with E-state index in [0.717, 1.165) is 40.8 Å². The van der Waals surface area contributed by atoms with Crippen LogP contribution in [0.2, 0.25) is 0 Å². The third-order valence-corrected chi connectivity index (χ3v) is 5.12. The average molecular weight is 359 g/mol. The Hall–Kier alpha value is -0.820. The Balaban J connectivity index is 2.31. The lowest BCUT2D eigenvalue weighted by Crippen LogP contribution is -2.44. The van der Waals surface area contributed by atoms with Crippen LogP contribution in [0, 0.1) is 0 Å². The van der Waals surface area contributed by atoms with Crippen LogP contribution in [0.25, 0.3) is 0 Å². The van der Waals surface area contributed by atoms with E-state index < -0.39 is 0 Å². The second kappa shape index (κ2) is 6.96. The zero-order chi connectivity index (χ0) is 15.5. The highest BCUT2D eigenvalue weighted by molar-refractivity contribution is 9.10. The van der Waals surface area contributed by atoms with Gasteiger partial charge in [-0.3, -0.25) is 11.3 Å². The molecule has 0 aliphatic heterocycles. The van der Waals surface area contributed by atoms with Gasteiger partial charge in [-0.1, -0.05) is 0 Å². The topological polar surface area (TPSA) is 65.7 Å². The average Bonchev–Trinajstić information content (AvgIpc) is 2.47. The zero-order valence-corrected chi connectivity index (χ0v) is 14.3. The van der Waals surface area contributed by atoms with Gasteiger partial charge in [0.2, 0.25) is 0 Å². The minimum absolute atomic E-state index is 0.0394. The number of halogens is 1. The largest absolute Gasteiger partial charge is 0.495 e. The minimum Gasteiger partial charge on any atom is -0.495 e. The van der Waals surface area contributed by atoms with Gasteiger partial charge < -0.3 is 14.2 Å². The Kier molecular flexibility index (Phi) is 5.48. The molecule has 3 N–H and O–H groups in total. The fourth-order valence-electron chi connectivity index (χ4n) is 2.89. The molecule has 0 spiro atoms. The van der Waals surface area contributed by atoms with Gasteiger partial charge >= 0.3 is 0 Å². The summed E-state index contributed by atoms with van der Waals surface area (Å²) in [5.74, 6) is 7.25. The summed E-state index contributed by atoms with van der Waals surface area (Å²) in [6, 6.07) is 3.85. The maximum atomic E-state index is 5.78. The lowest BCUT2D eigenvalue weighted by Gasteiger charge is -2.43. The van der Waals surface area contributed by atoms with Gasteiger partial charge in [0.05, 0.1) is 25.9 Å². The first-order valence-electron chi connectivity index (χ1n) is 7.02. The molecule has 2 rings (SSSR count). The lowest BCUT2D eigenvalue weighted by molar-refractivity contribution is -0.0839.